The molecule has 39 heteroatoms. The number of benzene rings is 6. The number of phenolic OH excluding ortho intramolecular Hbond substituents is 3. The summed E-state index contributed by atoms with van der Waals surface area (Å²) < 4.78 is 49.8. The highest BCUT2D eigenvalue weighted by atomic mass is 35.5. The van der Waals surface area contributed by atoms with Gasteiger partial charge in [0.25, 0.3) is 0 Å². The fraction of sp³-hybridized carbons (Fsp3) is 0.410. The number of carbonyl (C=O) groups excluding carboxylic acids is 9. The van der Waals surface area contributed by atoms with Gasteiger partial charge in [0.2, 0.25) is 53.4 Å². The average molecular weight is 1670 g/mol. The Morgan fingerprint density at radius 1 is 0.684 bits per heavy atom. The third kappa shape index (κ3) is 19.9. The number of nitrogens with two attached hydrogens (primary N) is 1. The van der Waals surface area contributed by atoms with Gasteiger partial charge in [-0.25, -0.2) is 14.4 Å². The number of alkyl carbamates (subject to hydrolysis) is 2. The molecule has 7 aliphatic rings. The summed E-state index contributed by atoms with van der Waals surface area (Å²) >= 11 is 14.3. The fourth-order valence-corrected chi connectivity index (χ4v) is 14.4. The summed E-state index contributed by atoms with van der Waals surface area (Å²) in [6.07, 6.45) is -22.6. The average Bonchev–Trinajstić information content (AvgIpc) is 0.760. The molecule has 11 bridgehead atoms. The number of halogens is 2. The lowest BCUT2D eigenvalue weighted by molar-refractivity contribution is -0.334. The summed E-state index contributed by atoms with van der Waals surface area (Å²) in [5, 5.41) is 135. The van der Waals surface area contributed by atoms with Gasteiger partial charge in [0, 0.05) is 29.2 Å². The first-order valence-electron chi connectivity index (χ1n) is 36.7. The molecule has 0 spiro atoms. The molecule has 7 aliphatic heterocycles. The monoisotopic (exact) mass is 1670 g/mol. The Morgan fingerprint density at radius 3 is 1.91 bits per heavy atom. The van der Waals surface area contributed by atoms with Crippen molar-refractivity contribution in [3.05, 3.63) is 153 Å². The number of hydrogen-bond donors (Lipinski definition) is 19. The maximum Gasteiger partial charge on any atom is 0.408 e. The van der Waals surface area contributed by atoms with Gasteiger partial charge in [-0.05, 0) is 129 Å². The molecular weight excluding hydrogens is 1580 g/mol. The fourth-order valence-electron chi connectivity index (χ4n) is 13.9. The molecule has 20 N–H and O–H groups in total. The molecule has 117 heavy (non-hydrogen) atoms. The summed E-state index contributed by atoms with van der Waals surface area (Å²) in [5.41, 5.74) is 0.516. The number of aliphatic carboxylic acids is 1. The lowest BCUT2D eigenvalue weighted by Gasteiger charge is -2.48. The van der Waals surface area contributed by atoms with Crippen molar-refractivity contribution in [2.75, 3.05) is 6.61 Å². The zero-order chi connectivity index (χ0) is 85.1. The number of amides is 9. The summed E-state index contributed by atoms with van der Waals surface area (Å²) in [4.78, 5) is 146. The molecule has 2 saturated heterocycles. The van der Waals surface area contributed by atoms with Crippen LogP contribution in [0.2, 0.25) is 10.0 Å². The van der Waals surface area contributed by atoms with E-state index in [-0.39, 0.29) is 30.1 Å². The number of primary amides is 1. The maximum atomic E-state index is 16.2. The van der Waals surface area contributed by atoms with E-state index < -0.39 is 278 Å². The molecule has 13 rings (SSSR count). The molecule has 626 valence electrons. The molecule has 0 aromatic heterocycles. The van der Waals surface area contributed by atoms with E-state index in [1.807, 2.05) is 0 Å². The SMILES string of the molecule is CC(C)C[C@H](NC(=O)OCc1ccccc1)C(=O)N[C@H]1C(=O)N[C@@H](CC(N)=O)C(=O)N[C@H]2C(=O)NC3C(=O)N[C@H](C(=O)N[C@H](C(=O)O)c4cc(O)cc(O)c4-c4cc3ccc4O)[C@H](O)c3ccc(c(Cl)c3)Oc3cc2cc(c3OC2O[C@H](CO)[C@@H](O)[C@H](O)C2O[C@H]2C[C@](C)(NC(=O)OC(C)(C)C)[C@H](O)[C@H](C)O2)Oc2ccc(cc2Cl)[C@H]1O. The Kier molecular flexibility index (Phi) is 26.3. The molecule has 0 saturated carbocycles. The van der Waals surface area contributed by atoms with E-state index in [0.717, 1.165) is 78.9 Å². The first-order chi connectivity index (χ1) is 55.2. The summed E-state index contributed by atoms with van der Waals surface area (Å²) in [6.45, 7) is 9.79. The molecule has 6 aromatic carbocycles. The highest BCUT2D eigenvalue weighted by molar-refractivity contribution is 6.32. The van der Waals surface area contributed by atoms with Crippen LogP contribution in [0.3, 0.4) is 0 Å². The molecule has 37 nitrogen and oxygen atoms in total. The van der Waals surface area contributed by atoms with Crippen molar-refractivity contribution >= 4 is 82.7 Å². The minimum absolute atomic E-state index is 0.119. The highest BCUT2D eigenvalue weighted by Gasteiger charge is 2.53. The molecule has 2 fully saturated rings. The molecule has 6 aromatic rings. The van der Waals surface area contributed by atoms with Gasteiger partial charge in [-0.15, -0.1) is 0 Å². The van der Waals surface area contributed by atoms with Gasteiger partial charge in [0.05, 0.1) is 34.7 Å². The molecule has 3 unspecified atom stereocenters. The van der Waals surface area contributed by atoms with Crippen LogP contribution in [0.15, 0.2) is 109 Å². The molecule has 9 amide bonds. The zero-order valence-corrected chi connectivity index (χ0v) is 65.0. The Labute approximate surface area is 676 Å². The number of fused-ring (bicyclic) bond motifs is 15. The lowest BCUT2D eigenvalue weighted by Crippen LogP contribution is -2.66. The van der Waals surface area contributed by atoms with Crippen molar-refractivity contribution in [1.29, 1.82) is 0 Å². The second kappa shape index (κ2) is 35.6. The van der Waals surface area contributed by atoms with E-state index in [4.69, 9.17) is 66.8 Å². The van der Waals surface area contributed by atoms with Crippen LogP contribution in [-0.2, 0) is 68.6 Å². The van der Waals surface area contributed by atoms with Gasteiger partial charge in [0.1, 0.15) is 114 Å². The molecule has 0 aliphatic carbocycles. The van der Waals surface area contributed by atoms with Crippen LogP contribution < -0.4 is 62.5 Å². The number of aliphatic hydroxyl groups excluding tert-OH is 6. The van der Waals surface area contributed by atoms with Crippen LogP contribution in [-0.4, -0.2) is 202 Å². The third-order valence-electron chi connectivity index (χ3n) is 19.7. The Balaban J connectivity index is 1.12. The van der Waals surface area contributed by atoms with Crippen molar-refractivity contribution in [3.8, 4) is 57.1 Å². The molecule has 18 atom stereocenters. The minimum Gasteiger partial charge on any atom is -0.508 e. The van der Waals surface area contributed by atoms with E-state index in [9.17, 15) is 79.8 Å². The number of ether oxygens (including phenoxy) is 8. The first-order valence-corrected chi connectivity index (χ1v) is 37.4. The van der Waals surface area contributed by atoms with Crippen molar-refractivity contribution in [1.82, 2.24) is 42.5 Å². The summed E-state index contributed by atoms with van der Waals surface area (Å²) in [6, 6.07) is 6.21. The van der Waals surface area contributed by atoms with Gasteiger partial charge in [-0.2, -0.15) is 0 Å². The van der Waals surface area contributed by atoms with Crippen LogP contribution in [0.4, 0.5) is 9.59 Å². The number of carboxylic acids is 1. The quantitative estimate of drug-likeness (QED) is 0.0660. The maximum absolute atomic E-state index is 16.2. The van der Waals surface area contributed by atoms with Gasteiger partial charge in [-0.1, -0.05) is 85.6 Å². The third-order valence-corrected chi connectivity index (χ3v) is 20.3. The summed E-state index contributed by atoms with van der Waals surface area (Å²) in [5.74, 6) is -17.4. The van der Waals surface area contributed by atoms with Gasteiger partial charge in [-0.3, -0.25) is 33.6 Å². The van der Waals surface area contributed by atoms with Crippen LogP contribution in [0, 0.1) is 5.92 Å². The van der Waals surface area contributed by atoms with Crippen molar-refractivity contribution in [2.45, 2.75) is 189 Å². The van der Waals surface area contributed by atoms with Crippen LogP contribution in [0.5, 0.6) is 46.0 Å². The topological polar surface area (TPSA) is 569 Å². The molecular formula is C78H87Cl2N9O28. The van der Waals surface area contributed by atoms with E-state index in [2.05, 4.69) is 42.5 Å². The van der Waals surface area contributed by atoms with Gasteiger partial charge >= 0.3 is 18.2 Å². The number of phenols is 3. The number of aliphatic hydroxyl groups is 6. The van der Waals surface area contributed by atoms with E-state index in [1.54, 1.807) is 65.0 Å². The Bertz CT molecular complexity index is 4830. The zero-order valence-electron chi connectivity index (χ0n) is 63.5. The van der Waals surface area contributed by atoms with Gasteiger partial charge in [0.15, 0.2) is 29.9 Å². The van der Waals surface area contributed by atoms with Crippen molar-refractivity contribution in [3.63, 3.8) is 0 Å². The standard InChI is InChI=1S/C78H87Cl2N9O28/c1-31(2)19-43(83-75(108)110-30-33-11-9-8-10-12-33)67(100)87-58-60(95)35-14-17-47(41(79)21-35)112-49-23-37-24-50(64(49)116-74-65(63(98)62(97)51(29-90)114-74)115-53-28-78(7,66(99)32(3)111-53)89-76(109)117-77(4,5)6)113-48-18-15-36(22-42(48)80)61(96)59-72(105)86-57(73(106)107)40-25-38(91)26-46(93)54(40)39-20-34(13-16-45(39)92)55(69(102)88-59)85-70(103)56(37)84-68(101)44(27-52(81)94)82-71(58)104/h8-18,20-26,31-32,43-44,51,53,55-63,65-66,74,90-93,95-99H,19,27-30H2,1-7H3,(H2,81,94)(H,82,104)(H,83,108)(H,84,101)(H,85,103)(H,86,105)(H,87,100)(H,88,102)(H,89,109)(H,106,107)/t32-,43-,44-,51+,53-,55?,56+,57-,58+,59-,60+,61+,62+,63-,65?,66+,74?,78-/m0/s1. The Morgan fingerprint density at radius 2 is 1.30 bits per heavy atom. The van der Waals surface area contributed by atoms with Crippen molar-refractivity contribution < 1.29 is 137 Å². The molecule has 7 heterocycles. The number of carboxylic acid groups (broad SMARTS) is 1. The van der Waals surface area contributed by atoms with E-state index in [1.165, 1.54) is 13.8 Å². The first kappa shape index (κ1) is 86.5. The minimum atomic E-state index is -2.44. The van der Waals surface area contributed by atoms with E-state index >= 15 is 19.2 Å². The lowest BCUT2D eigenvalue weighted by atomic mass is 9.85. The predicted octanol–water partition coefficient (Wildman–Crippen LogP) is 3.38. The highest BCUT2D eigenvalue weighted by Crippen LogP contribution is 2.50. The molecule has 0 radical (unpaired) electrons. The van der Waals surface area contributed by atoms with Crippen molar-refractivity contribution in [2.24, 2.45) is 11.7 Å². The van der Waals surface area contributed by atoms with Crippen LogP contribution >= 0.6 is 23.2 Å². The summed E-state index contributed by atoms with van der Waals surface area (Å²) in [7, 11) is 0. The predicted molar refractivity (Wildman–Crippen MR) is 405 cm³/mol. The second-order valence-electron chi connectivity index (χ2n) is 30.2. The Hall–Kier alpha value is -11.4. The number of hydrogen-bond acceptors (Lipinski definition) is 27. The van der Waals surface area contributed by atoms with Crippen LogP contribution in [0.1, 0.15) is 131 Å². The smallest absolute Gasteiger partial charge is 0.408 e. The normalized spacial score (nSPS) is 27.0. The number of rotatable bonds is 16. The largest absolute Gasteiger partial charge is 0.508 e. The van der Waals surface area contributed by atoms with Gasteiger partial charge < -0.3 is 137 Å². The van der Waals surface area contributed by atoms with Crippen LogP contribution in [0.25, 0.3) is 11.1 Å². The number of carbonyl (C=O) groups is 10. The van der Waals surface area contributed by atoms with E-state index in [0.29, 0.717) is 5.56 Å². The number of aromatic hydroxyl groups is 3. The second-order valence-corrected chi connectivity index (χ2v) is 31.0. The number of nitrogens with one attached hydrogen (secondary N) is 8.